The average molecular weight is 930 g/mol. The fourth-order valence-electron chi connectivity index (χ4n) is 10.0. The van der Waals surface area contributed by atoms with Crippen LogP contribution in [0.15, 0.2) is 243 Å². The molecule has 0 radical (unpaired) electrons. The Hall–Kier alpha value is -8.13. The van der Waals surface area contributed by atoms with Crippen LogP contribution in [-0.4, -0.2) is 4.98 Å². The van der Waals surface area contributed by atoms with Crippen LogP contribution in [-0.2, 0) is 0 Å². The minimum absolute atomic E-state index is 1.01. The zero-order valence-corrected chi connectivity index (χ0v) is 42.0. The van der Waals surface area contributed by atoms with Crippen LogP contribution in [0.4, 0.5) is 0 Å². The summed E-state index contributed by atoms with van der Waals surface area (Å²) >= 11 is 0. The maximum atomic E-state index is 4.92. The number of benzene rings is 9. The van der Waals surface area contributed by atoms with E-state index in [0.717, 1.165) is 40.6 Å². The lowest BCUT2D eigenvalue weighted by molar-refractivity contribution is 0.702. The fraction of sp³-hybridized carbons (Fsp3) is 0.141. The van der Waals surface area contributed by atoms with Crippen molar-refractivity contribution in [3.05, 3.63) is 254 Å². The minimum Gasteiger partial charge on any atom is -0.256 e. The maximum absolute atomic E-state index is 4.92. The van der Waals surface area contributed by atoms with Gasteiger partial charge in [0.05, 0.1) is 5.69 Å². The van der Waals surface area contributed by atoms with Crippen molar-refractivity contribution in [1.82, 2.24) is 4.98 Å². The summed E-state index contributed by atoms with van der Waals surface area (Å²) in [5.74, 6) is 0. The van der Waals surface area contributed by atoms with E-state index in [9.17, 15) is 0 Å². The summed E-state index contributed by atoms with van der Waals surface area (Å²) in [5.41, 5.74) is 22.5. The van der Waals surface area contributed by atoms with E-state index >= 15 is 0 Å². The first-order valence-corrected chi connectivity index (χ1v) is 26.1. The normalized spacial score (nSPS) is 12.2. The number of allylic oxidation sites excluding steroid dienone is 4. The Morgan fingerprint density at radius 3 is 1.35 bits per heavy atom. The van der Waals surface area contributed by atoms with E-state index in [1.165, 1.54) is 121 Å². The molecular weight excluding hydrogens is 867 g/mol. The van der Waals surface area contributed by atoms with Gasteiger partial charge in [0.1, 0.15) is 0 Å². The minimum atomic E-state index is 1.01. The highest BCUT2D eigenvalue weighted by Crippen LogP contribution is 2.41. The molecular formula is C71H63N. The molecule has 1 aromatic heterocycles. The zero-order valence-electron chi connectivity index (χ0n) is 42.0. The van der Waals surface area contributed by atoms with Crippen molar-refractivity contribution in [3.63, 3.8) is 0 Å². The number of aromatic nitrogens is 1. The average Bonchev–Trinajstić information content (AvgIpc) is 3.75. The second-order valence-corrected chi connectivity index (χ2v) is 19.2. The van der Waals surface area contributed by atoms with Gasteiger partial charge in [-0.25, -0.2) is 0 Å². The lowest BCUT2D eigenvalue weighted by atomic mass is 9.87. The summed E-state index contributed by atoms with van der Waals surface area (Å²) in [4.78, 5) is 4.92. The van der Waals surface area contributed by atoms with Crippen molar-refractivity contribution < 1.29 is 0 Å². The molecule has 9 aromatic carbocycles. The molecule has 0 spiro atoms. The predicted molar refractivity (Wildman–Crippen MR) is 311 cm³/mol. The van der Waals surface area contributed by atoms with Crippen molar-refractivity contribution in [2.75, 3.05) is 0 Å². The van der Waals surface area contributed by atoms with E-state index in [1.807, 2.05) is 6.20 Å². The Morgan fingerprint density at radius 1 is 0.375 bits per heavy atom. The van der Waals surface area contributed by atoms with Gasteiger partial charge in [-0.15, -0.1) is 0 Å². The van der Waals surface area contributed by atoms with Gasteiger partial charge in [0, 0.05) is 17.1 Å². The van der Waals surface area contributed by atoms with Crippen LogP contribution in [0.3, 0.4) is 0 Å². The third-order valence-electron chi connectivity index (χ3n) is 14.0. The van der Waals surface area contributed by atoms with Crippen molar-refractivity contribution >= 4 is 16.3 Å². The molecule has 1 heterocycles. The third-order valence-corrected chi connectivity index (χ3v) is 14.0. The number of nitrogens with zero attached hydrogens (tertiary/aromatic N) is 1. The number of unbranched alkanes of at least 4 members (excludes halogenated alkanes) is 3. The van der Waals surface area contributed by atoms with Gasteiger partial charge in [-0.1, -0.05) is 203 Å². The van der Waals surface area contributed by atoms with E-state index in [4.69, 9.17) is 4.98 Å². The standard InChI is InChI=1S/C65H49N.C6H14/c1-45-30-31-53(44-64(45)65-63-29-16-15-26-50(63)32-33-66-65)51-27-17-28-52(34-51)58-41-61(59-37-54(46-18-7-2-3-8-19-46)35-55(38-59)47-20-9-4-10-21-47)43-62(42-58)60-39-56(48-22-11-5-12-23-48)36-57(40-60)49-24-13-6-14-25-49;1-3-5-6-4-2/h4-7,9-44H,2-3,8H2,1H3;3-6H2,1-2H3. The predicted octanol–water partition coefficient (Wildman–Crippen LogP) is 20.6. The molecule has 11 rings (SSSR count). The van der Waals surface area contributed by atoms with Gasteiger partial charge in [-0.3, -0.25) is 4.98 Å². The van der Waals surface area contributed by atoms with Gasteiger partial charge in [0.15, 0.2) is 0 Å². The number of pyridine rings is 1. The van der Waals surface area contributed by atoms with E-state index in [-0.39, 0.29) is 0 Å². The summed E-state index contributed by atoms with van der Waals surface area (Å²) < 4.78 is 0. The van der Waals surface area contributed by atoms with Crippen molar-refractivity contribution in [2.24, 2.45) is 0 Å². The molecule has 0 bridgehead atoms. The first-order chi connectivity index (χ1) is 35.5. The molecule has 0 fully saturated rings. The van der Waals surface area contributed by atoms with E-state index in [2.05, 4.69) is 257 Å². The molecule has 1 aliphatic rings. The first-order valence-electron chi connectivity index (χ1n) is 26.1. The molecule has 1 aliphatic carbocycles. The van der Waals surface area contributed by atoms with Crippen LogP contribution in [0.1, 0.15) is 69.9 Å². The molecule has 0 atom stereocenters. The Bertz CT molecular complexity index is 3440. The smallest absolute Gasteiger partial charge is 0.0783 e. The summed E-state index contributed by atoms with van der Waals surface area (Å²) in [6.45, 7) is 6.65. The number of rotatable bonds is 12. The van der Waals surface area contributed by atoms with Gasteiger partial charge in [-0.2, -0.15) is 0 Å². The third kappa shape index (κ3) is 11.1. The van der Waals surface area contributed by atoms with Crippen LogP contribution >= 0.6 is 0 Å². The Morgan fingerprint density at radius 2 is 0.806 bits per heavy atom. The lowest BCUT2D eigenvalue weighted by Gasteiger charge is -2.17. The molecule has 0 amide bonds. The van der Waals surface area contributed by atoms with E-state index in [0.29, 0.717) is 0 Å². The van der Waals surface area contributed by atoms with Crippen LogP contribution < -0.4 is 0 Å². The highest BCUT2D eigenvalue weighted by Gasteiger charge is 2.16. The molecule has 0 N–H and O–H groups in total. The first kappa shape index (κ1) is 47.5. The maximum Gasteiger partial charge on any atom is 0.0783 e. The summed E-state index contributed by atoms with van der Waals surface area (Å²) in [7, 11) is 0. The number of hydrogen-bond donors (Lipinski definition) is 0. The van der Waals surface area contributed by atoms with Gasteiger partial charge in [0.2, 0.25) is 0 Å². The Kier molecular flexibility index (Phi) is 15.0. The molecule has 0 aliphatic heterocycles. The second kappa shape index (κ2) is 22.7. The fourth-order valence-corrected chi connectivity index (χ4v) is 10.0. The molecule has 352 valence electrons. The topological polar surface area (TPSA) is 12.9 Å². The molecule has 0 saturated carbocycles. The van der Waals surface area contributed by atoms with Crippen LogP contribution in [0.2, 0.25) is 0 Å². The Balaban J connectivity index is 0.000000938. The van der Waals surface area contributed by atoms with Gasteiger partial charge in [0.25, 0.3) is 0 Å². The molecule has 1 heteroatoms. The van der Waals surface area contributed by atoms with Crippen LogP contribution in [0.5, 0.6) is 0 Å². The quantitative estimate of drug-likeness (QED) is 0.111. The molecule has 72 heavy (non-hydrogen) atoms. The van der Waals surface area contributed by atoms with Crippen LogP contribution in [0.25, 0.3) is 105 Å². The van der Waals surface area contributed by atoms with Crippen molar-refractivity contribution in [2.45, 2.75) is 65.7 Å². The Labute approximate surface area is 428 Å². The monoisotopic (exact) mass is 929 g/mol. The van der Waals surface area contributed by atoms with E-state index < -0.39 is 0 Å². The number of fused-ring (bicyclic) bond motifs is 1. The van der Waals surface area contributed by atoms with Crippen LogP contribution in [0, 0.1) is 6.92 Å². The highest BCUT2D eigenvalue weighted by atomic mass is 14.7. The van der Waals surface area contributed by atoms with Gasteiger partial charge >= 0.3 is 0 Å². The van der Waals surface area contributed by atoms with Crippen molar-refractivity contribution in [1.29, 1.82) is 0 Å². The SMILES string of the molecule is CCCCCC.Cc1ccc(-c2cccc(-c3cc(-c4cc(C5=CCCCC=C5)cc(-c5ccccc5)c4)cc(-c4cc(-c5ccccc5)cc(-c5ccccc5)c4)c3)c2)cc1-c1nccc2ccccc12. The highest BCUT2D eigenvalue weighted by molar-refractivity contribution is 5.96. The second-order valence-electron chi connectivity index (χ2n) is 19.2. The molecule has 10 aromatic rings. The zero-order chi connectivity index (χ0) is 49.1. The van der Waals surface area contributed by atoms with E-state index in [1.54, 1.807) is 0 Å². The molecule has 0 unspecified atom stereocenters. The molecule has 1 nitrogen and oxygen atoms in total. The largest absolute Gasteiger partial charge is 0.256 e. The van der Waals surface area contributed by atoms with Crippen molar-refractivity contribution in [3.8, 4) is 89.1 Å². The summed E-state index contributed by atoms with van der Waals surface area (Å²) in [6.07, 6.45) is 17.9. The van der Waals surface area contributed by atoms with Gasteiger partial charge < -0.3 is 0 Å². The number of hydrogen-bond acceptors (Lipinski definition) is 1. The summed E-state index contributed by atoms with van der Waals surface area (Å²) in [5, 5.41) is 2.36. The summed E-state index contributed by atoms with van der Waals surface area (Å²) in [6, 6.07) is 80.2. The number of aryl methyl sites for hydroxylation is 1. The lowest BCUT2D eigenvalue weighted by Crippen LogP contribution is -1.92. The van der Waals surface area contributed by atoms with Gasteiger partial charge in [-0.05, 0) is 199 Å². The molecule has 0 saturated heterocycles.